The molecule has 0 spiro atoms. The van der Waals surface area contributed by atoms with Gasteiger partial charge in [-0.25, -0.2) is 13.2 Å². The van der Waals surface area contributed by atoms with Gasteiger partial charge in [-0.3, -0.25) is 0 Å². The topological polar surface area (TPSA) is 105 Å². The van der Waals surface area contributed by atoms with Crippen molar-refractivity contribution in [2.75, 3.05) is 25.2 Å². The van der Waals surface area contributed by atoms with E-state index in [-0.39, 0.29) is 22.2 Å². The molecule has 0 aliphatic heterocycles. The molecule has 0 aliphatic carbocycles. The fraction of sp³-hybridized carbons (Fsp3) is 0.235. The molecule has 0 fully saturated rings. The van der Waals surface area contributed by atoms with Gasteiger partial charge >= 0.3 is 6.03 Å². The predicted molar refractivity (Wildman–Crippen MR) is 99.5 cm³/mol. The van der Waals surface area contributed by atoms with E-state index in [4.69, 9.17) is 16.3 Å². The molecule has 0 bridgehead atoms. The SMILES string of the molecule is COc1ccc([C@@H](O)CNC(=O)Nc2cccc(Cl)c2S(C)(=O)=O)cc1. The lowest BCUT2D eigenvalue weighted by molar-refractivity contribution is 0.175. The maximum Gasteiger partial charge on any atom is 0.319 e. The van der Waals surface area contributed by atoms with Crippen LogP contribution in [0.3, 0.4) is 0 Å². The van der Waals surface area contributed by atoms with Crippen molar-refractivity contribution in [2.24, 2.45) is 0 Å². The number of methoxy groups -OCH3 is 1. The van der Waals surface area contributed by atoms with Crippen LogP contribution in [0.2, 0.25) is 5.02 Å². The van der Waals surface area contributed by atoms with Crippen molar-refractivity contribution in [3.05, 3.63) is 53.1 Å². The Labute approximate surface area is 156 Å². The zero-order chi connectivity index (χ0) is 19.3. The molecule has 26 heavy (non-hydrogen) atoms. The summed E-state index contributed by atoms with van der Waals surface area (Å²) >= 11 is 5.93. The molecule has 0 saturated heterocycles. The van der Waals surface area contributed by atoms with Gasteiger partial charge in [0.2, 0.25) is 0 Å². The average molecular weight is 399 g/mol. The number of benzene rings is 2. The number of rotatable bonds is 6. The summed E-state index contributed by atoms with van der Waals surface area (Å²) in [6, 6.07) is 10.5. The fourth-order valence-corrected chi connectivity index (χ4v) is 3.82. The second-order valence-corrected chi connectivity index (χ2v) is 7.87. The summed E-state index contributed by atoms with van der Waals surface area (Å²) < 4.78 is 28.7. The first kappa shape index (κ1) is 20.0. The molecular weight excluding hydrogens is 380 g/mol. The summed E-state index contributed by atoms with van der Waals surface area (Å²) in [7, 11) is -2.09. The van der Waals surface area contributed by atoms with E-state index < -0.39 is 22.0 Å². The van der Waals surface area contributed by atoms with E-state index in [0.29, 0.717) is 11.3 Å². The van der Waals surface area contributed by atoms with E-state index in [1.165, 1.54) is 25.3 Å². The maximum atomic E-state index is 12.0. The largest absolute Gasteiger partial charge is 0.497 e. The van der Waals surface area contributed by atoms with Crippen LogP contribution in [0.15, 0.2) is 47.4 Å². The van der Waals surface area contributed by atoms with Crippen LogP contribution in [0.4, 0.5) is 10.5 Å². The summed E-state index contributed by atoms with van der Waals surface area (Å²) in [5.74, 6) is 0.654. The molecule has 9 heteroatoms. The molecule has 0 unspecified atom stereocenters. The first-order valence-electron chi connectivity index (χ1n) is 7.58. The number of hydrogen-bond acceptors (Lipinski definition) is 5. The fourth-order valence-electron chi connectivity index (χ4n) is 2.28. The Hall–Kier alpha value is -2.29. The van der Waals surface area contributed by atoms with E-state index in [0.717, 1.165) is 6.26 Å². The van der Waals surface area contributed by atoms with Crippen LogP contribution < -0.4 is 15.4 Å². The highest BCUT2D eigenvalue weighted by atomic mass is 35.5. The van der Waals surface area contributed by atoms with Gasteiger partial charge in [-0.15, -0.1) is 0 Å². The van der Waals surface area contributed by atoms with Crippen molar-refractivity contribution in [3.8, 4) is 5.75 Å². The van der Waals surface area contributed by atoms with Gasteiger partial charge in [-0.05, 0) is 29.8 Å². The molecule has 140 valence electrons. The molecule has 2 amide bonds. The van der Waals surface area contributed by atoms with Crippen LogP contribution >= 0.6 is 11.6 Å². The lowest BCUT2D eigenvalue weighted by atomic mass is 10.1. The molecule has 1 atom stereocenters. The number of aliphatic hydroxyl groups is 1. The van der Waals surface area contributed by atoms with Crippen molar-refractivity contribution in [1.82, 2.24) is 5.32 Å². The Morgan fingerprint density at radius 2 is 1.88 bits per heavy atom. The van der Waals surface area contributed by atoms with Crippen LogP contribution in [0.5, 0.6) is 5.75 Å². The van der Waals surface area contributed by atoms with Crippen LogP contribution in [-0.4, -0.2) is 39.5 Å². The normalized spacial score (nSPS) is 12.3. The van der Waals surface area contributed by atoms with Crippen LogP contribution in [0.25, 0.3) is 0 Å². The monoisotopic (exact) mass is 398 g/mol. The second kappa shape index (κ2) is 8.39. The van der Waals surface area contributed by atoms with Crippen molar-refractivity contribution in [1.29, 1.82) is 0 Å². The Kier molecular flexibility index (Phi) is 6.47. The first-order valence-corrected chi connectivity index (χ1v) is 9.84. The number of aliphatic hydroxyl groups excluding tert-OH is 1. The highest BCUT2D eigenvalue weighted by molar-refractivity contribution is 7.91. The first-order chi connectivity index (χ1) is 12.2. The quantitative estimate of drug-likeness (QED) is 0.693. The van der Waals surface area contributed by atoms with Gasteiger partial charge in [0.1, 0.15) is 10.6 Å². The Bertz CT molecular complexity index is 885. The third kappa shape index (κ3) is 5.10. The Balaban J connectivity index is 2.02. The van der Waals surface area contributed by atoms with E-state index in [1.807, 2.05) is 0 Å². The van der Waals surface area contributed by atoms with E-state index in [2.05, 4.69) is 10.6 Å². The maximum absolute atomic E-state index is 12.0. The van der Waals surface area contributed by atoms with Crippen LogP contribution in [0, 0.1) is 0 Å². The third-order valence-corrected chi connectivity index (χ3v) is 5.15. The predicted octanol–water partition coefficient (Wildman–Crippen LogP) is 2.61. The molecule has 2 aromatic carbocycles. The van der Waals surface area contributed by atoms with E-state index >= 15 is 0 Å². The minimum absolute atomic E-state index is 0.0172. The summed E-state index contributed by atoms with van der Waals surface area (Å²) in [5, 5.41) is 15.1. The summed E-state index contributed by atoms with van der Waals surface area (Å²) in [5.41, 5.74) is 0.669. The zero-order valence-electron chi connectivity index (χ0n) is 14.2. The molecule has 3 N–H and O–H groups in total. The highest BCUT2D eigenvalue weighted by Crippen LogP contribution is 2.29. The molecule has 0 radical (unpaired) electrons. The molecule has 2 aromatic rings. The lowest BCUT2D eigenvalue weighted by Crippen LogP contribution is -2.32. The second-order valence-electron chi connectivity index (χ2n) is 5.51. The smallest absolute Gasteiger partial charge is 0.319 e. The average Bonchev–Trinajstić information content (AvgIpc) is 2.58. The molecule has 0 saturated carbocycles. The molecule has 0 aliphatic rings. The van der Waals surface area contributed by atoms with Gasteiger partial charge in [0.25, 0.3) is 0 Å². The lowest BCUT2D eigenvalue weighted by Gasteiger charge is -2.15. The molecule has 0 heterocycles. The molecule has 7 nitrogen and oxygen atoms in total. The molecule has 0 aromatic heterocycles. The van der Waals surface area contributed by atoms with Crippen molar-refractivity contribution < 1.29 is 23.1 Å². The highest BCUT2D eigenvalue weighted by Gasteiger charge is 2.19. The minimum Gasteiger partial charge on any atom is -0.497 e. The number of halogens is 1. The number of carbonyl (C=O) groups is 1. The van der Waals surface area contributed by atoms with E-state index in [9.17, 15) is 18.3 Å². The number of sulfone groups is 1. The standard InChI is InChI=1S/C17H19ClN2O5S/c1-25-12-8-6-11(7-9-12)15(21)10-19-17(22)20-14-5-3-4-13(18)16(14)26(2,23)24/h3-9,15,21H,10H2,1-2H3,(H2,19,20,22)/t15-/m0/s1. The molecular formula is C17H19ClN2O5S. The number of ether oxygens (including phenoxy) is 1. The van der Waals surface area contributed by atoms with Gasteiger partial charge in [-0.1, -0.05) is 29.8 Å². The van der Waals surface area contributed by atoms with Gasteiger partial charge in [0.05, 0.1) is 23.9 Å². The van der Waals surface area contributed by atoms with Gasteiger partial charge in [-0.2, -0.15) is 0 Å². The van der Waals surface area contributed by atoms with Crippen molar-refractivity contribution in [3.63, 3.8) is 0 Å². The van der Waals surface area contributed by atoms with Crippen molar-refractivity contribution in [2.45, 2.75) is 11.0 Å². The Morgan fingerprint density at radius 1 is 1.23 bits per heavy atom. The molecule has 2 rings (SSSR count). The van der Waals surface area contributed by atoms with Gasteiger partial charge in [0, 0.05) is 12.8 Å². The summed E-state index contributed by atoms with van der Waals surface area (Å²) in [6.07, 6.45) is 0.0745. The number of hydrogen-bond donors (Lipinski definition) is 3. The summed E-state index contributed by atoms with van der Waals surface area (Å²) in [4.78, 5) is 11.9. The third-order valence-electron chi connectivity index (χ3n) is 3.54. The zero-order valence-corrected chi connectivity index (χ0v) is 15.8. The van der Waals surface area contributed by atoms with Gasteiger partial charge in [0.15, 0.2) is 9.84 Å². The summed E-state index contributed by atoms with van der Waals surface area (Å²) in [6.45, 7) is -0.0626. The van der Waals surface area contributed by atoms with E-state index in [1.54, 1.807) is 24.3 Å². The minimum atomic E-state index is -3.63. The van der Waals surface area contributed by atoms with Gasteiger partial charge < -0.3 is 20.5 Å². The Morgan fingerprint density at radius 3 is 2.46 bits per heavy atom. The number of nitrogens with one attached hydrogen (secondary N) is 2. The van der Waals surface area contributed by atoms with Crippen LogP contribution in [0.1, 0.15) is 11.7 Å². The van der Waals surface area contributed by atoms with Crippen molar-refractivity contribution >= 4 is 33.2 Å². The number of amides is 2. The number of carbonyl (C=O) groups excluding carboxylic acids is 1. The van der Waals surface area contributed by atoms with Crippen LogP contribution in [-0.2, 0) is 9.84 Å². The number of urea groups is 1. The number of anilines is 1.